The lowest BCUT2D eigenvalue weighted by atomic mass is 10.1. The molecule has 14 nitrogen and oxygen atoms in total. The normalized spacial score (nSPS) is 15.6. The van der Waals surface area contributed by atoms with Gasteiger partial charge in [-0.15, -0.1) is 0 Å². The molecule has 1 N–H and O–H groups in total. The van der Waals surface area contributed by atoms with Crippen LogP contribution in [0.2, 0.25) is 0 Å². The molecule has 2 aromatic heterocycles. The molecule has 0 bridgehead atoms. The predicted octanol–water partition coefficient (Wildman–Crippen LogP) is 4.75. The van der Waals surface area contributed by atoms with E-state index in [0.717, 1.165) is 96.8 Å². The molecular weight excluding hydrogens is 723 g/mol. The van der Waals surface area contributed by atoms with Gasteiger partial charge < -0.3 is 39.0 Å². The van der Waals surface area contributed by atoms with Crippen molar-refractivity contribution in [2.45, 2.75) is 19.5 Å². The van der Waals surface area contributed by atoms with E-state index in [9.17, 15) is 4.79 Å². The van der Waals surface area contributed by atoms with Crippen molar-refractivity contribution in [3.63, 3.8) is 0 Å². The van der Waals surface area contributed by atoms with Crippen LogP contribution in [0.25, 0.3) is 11.3 Å². The Morgan fingerprint density at radius 3 is 1.95 bits per heavy atom. The number of hydrogen-bond acceptors (Lipinski definition) is 13. The first kappa shape index (κ1) is 38.1. The summed E-state index contributed by atoms with van der Waals surface area (Å²) < 4.78 is 21.9. The van der Waals surface area contributed by atoms with E-state index < -0.39 is 0 Å². The second-order valence-electron chi connectivity index (χ2n) is 14.3. The second-order valence-corrected chi connectivity index (χ2v) is 14.3. The smallest absolute Gasteiger partial charge is 0.251 e. The first-order valence-electron chi connectivity index (χ1n) is 19.6. The summed E-state index contributed by atoms with van der Waals surface area (Å²) in [7, 11) is 3.34. The summed E-state index contributed by atoms with van der Waals surface area (Å²) in [5.41, 5.74) is 6.51. The molecule has 3 aliphatic heterocycles. The number of aromatic nitrogens is 4. The highest BCUT2D eigenvalue weighted by atomic mass is 16.5. The maximum absolute atomic E-state index is 13.0. The van der Waals surface area contributed by atoms with Gasteiger partial charge in [0.05, 0.1) is 46.3 Å². The van der Waals surface area contributed by atoms with Gasteiger partial charge in [-0.25, -0.2) is 15.0 Å². The number of nitrogens with zero attached hydrogens (tertiary/aromatic N) is 8. The van der Waals surface area contributed by atoms with Gasteiger partial charge in [0.1, 0.15) is 17.3 Å². The van der Waals surface area contributed by atoms with Crippen LogP contribution in [0.15, 0.2) is 85.2 Å². The molecule has 8 rings (SSSR count). The van der Waals surface area contributed by atoms with Gasteiger partial charge in [-0.2, -0.15) is 4.98 Å². The minimum absolute atomic E-state index is 0.0779. The van der Waals surface area contributed by atoms with Gasteiger partial charge in [-0.1, -0.05) is 24.3 Å². The van der Waals surface area contributed by atoms with E-state index in [1.807, 2.05) is 60.9 Å². The molecule has 0 unspecified atom stereocenters. The third-order valence-electron chi connectivity index (χ3n) is 10.6. The first-order chi connectivity index (χ1) is 28.0. The largest absolute Gasteiger partial charge is 0.497 e. The molecule has 14 heteroatoms. The molecule has 0 radical (unpaired) electrons. The summed E-state index contributed by atoms with van der Waals surface area (Å²) in [6.07, 6.45) is 4.50. The van der Waals surface area contributed by atoms with Gasteiger partial charge in [0.2, 0.25) is 11.9 Å². The molecule has 296 valence electrons. The van der Waals surface area contributed by atoms with Crippen LogP contribution < -0.4 is 29.5 Å². The SMILES string of the molecule is COc1ccc(CN(Cc2ccc(OC)cc2)c2ncc(-c3nc(N4CCOCC4)nc4c3CCN4c3ccc(C(=O)NCCN4CCOCC4)cc3)cn2)cc1. The van der Waals surface area contributed by atoms with Gasteiger partial charge >= 0.3 is 0 Å². The molecule has 0 aliphatic carbocycles. The van der Waals surface area contributed by atoms with Gasteiger partial charge in [0.25, 0.3) is 5.91 Å². The molecule has 2 fully saturated rings. The summed E-state index contributed by atoms with van der Waals surface area (Å²) in [5.74, 6) is 3.66. The quantitative estimate of drug-likeness (QED) is 0.167. The fraction of sp³-hybridized carbons (Fsp3) is 0.372. The van der Waals surface area contributed by atoms with Crippen LogP contribution in [-0.4, -0.2) is 117 Å². The number of carbonyl (C=O) groups excluding carboxylic acids is 1. The van der Waals surface area contributed by atoms with Crippen molar-refractivity contribution in [1.82, 2.24) is 30.2 Å². The fourth-order valence-corrected chi connectivity index (χ4v) is 7.39. The van der Waals surface area contributed by atoms with Crippen LogP contribution in [0, 0.1) is 0 Å². The molecule has 0 saturated carbocycles. The van der Waals surface area contributed by atoms with Crippen molar-refractivity contribution in [2.75, 3.05) is 101 Å². The highest BCUT2D eigenvalue weighted by Gasteiger charge is 2.30. The average molecular weight is 772 g/mol. The Hall–Kier alpha value is -5.83. The van der Waals surface area contributed by atoms with E-state index in [1.54, 1.807) is 14.2 Å². The highest BCUT2D eigenvalue weighted by Crippen LogP contribution is 2.39. The number of ether oxygens (including phenoxy) is 4. The number of nitrogens with one attached hydrogen (secondary N) is 1. The second kappa shape index (κ2) is 18.0. The van der Waals surface area contributed by atoms with Crippen molar-refractivity contribution in [3.8, 4) is 22.8 Å². The summed E-state index contributed by atoms with van der Waals surface area (Å²) in [5, 5.41) is 3.07. The number of amides is 1. The number of rotatable bonds is 14. The van der Waals surface area contributed by atoms with E-state index in [1.165, 1.54) is 0 Å². The van der Waals surface area contributed by atoms with E-state index in [4.69, 9.17) is 38.9 Å². The van der Waals surface area contributed by atoms with Crippen LogP contribution in [0.3, 0.4) is 0 Å². The van der Waals surface area contributed by atoms with Crippen molar-refractivity contribution < 1.29 is 23.7 Å². The summed E-state index contributed by atoms with van der Waals surface area (Å²) >= 11 is 0. The van der Waals surface area contributed by atoms with Gasteiger partial charge in [-0.3, -0.25) is 9.69 Å². The zero-order valence-electron chi connectivity index (χ0n) is 32.6. The van der Waals surface area contributed by atoms with Crippen LogP contribution in [0.4, 0.5) is 23.4 Å². The molecule has 3 aromatic carbocycles. The fourth-order valence-electron chi connectivity index (χ4n) is 7.39. The Kier molecular flexibility index (Phi) is 12.0. The standard InChI is InChI=1S/C43H49N9O5/c1-54-36-11-3-31(4-12-36)29-51(30-32-5-13-37(55-2)14-6-32)42-45-27-34(28-46-42)39-38-15-17-52(40(38)48-43(47-39)50-21-25-57-26-22-50)35-9-7-33(8-10-35)41(53)44-16-18-49-19-23-56-24-20-49/h3-14,27-28H,15-26,29-30H2,1-2H3,(H,44,53). The summed E-state index contributed by atoms with van der Waals surface area (Å²) in [6, 6.07) is 23.9. The van der Waals surface area contributed by atoms with E-state index in [2.05, 4.69) is 49.2 Å². The number of morpholine rings is 2. The lowest BCUT2D eigenvalue weighted by molar-refractivity contribution is 0.0383. The van der Waals surface area contributed by atoms with E-state index in [-0.39, 0.29) is 5.91 Å². The number of carbonyl (C=O) groups is 1. The number of benzene rings is 3. The Balaban J connectivity index is 1.05. The summed E-state index contributed by atoms with van der Waals surface area (Å²) in [4.78, 5) is 42.1. The van der Waals surface area contributed by atoms with Gasteiger partial charge in [0, 0.05) is 93.7 Å². The van der Waals surface area contributed by atoms with E-state index >= 15 is 0 Å². The monoisotopic (exact) mass is 771 g/mol. The Labute approximate surface area is 333 Å². The van der Waals surface area contributed by atoms with Crippen molar-refractivity contribution in [2.24, 2.45) is 0 Å². The molecule has 0 spiro atoms. The van der Waals surface area contributed by atoms with Gasteiger partial charge in [-0.05, 0) is 66.1 Å². The maximum Gasteiger partial charge on any atom is 0.251 e. The molecule has 5 heterocycles. The lowest BCUT2D eigenvalue weighted by Crippen LogP contribution is -2.41. The van der Waals surface area contributed by atoms with Crippen LogP contribution in [-0.2, 0) is 29.0 Å². The number of hydrogen-bond donors (Lipinski definition) is 1. The Bertz CT molecular complexity index is 2040. The molecule has 1 amide bonds. The number of fused-ring (bicyclic) bond motifs is 1. The predicted molar refractivity (Wildman–Crippen MR) is 219 cm³/mol. The molecule has 3 aliphatic rings. The lowest BCUT2D eigenvalue weighted by Gasteiger charge is -2.28. The topological polar surface area (TPSA) is 131 Å². The number of anilines is 4. The zero-order chi connectivity index (χ0) is 39.0. The molecule has 2 saturated heterocycles. The summed E-state index contributed by atoms with van der Waals surface area (Å²) in [6.45, 7) is 9.25. The van der Waals surface area contributed by atoms with Crippen LogP contribution >= 0.6 is 0 Å². The van der Waals surface area contributed by atoms with Crippen LogP contribution in [0.5, 0.6) is 11.5 Å². The third-order valence-corrected chi connectivity index (χ3v) is 10.6. The first-order valence-corrected chi connectivity index (χ1v) is 19.6. The molecule has 5 aromatic rings. The van der Waals surface area contributed by atoms with Gasteiger partial charge in [0.15, 0.2) is 0 Å². The number of methoxy groups -OCH3 is 2. The maximum atomic E-state index is 13.0. The minimum atomic E-state index is -0.0779. The Morgan fingerprint density at radius 1 is 0.754 bits per heavy atom. The highest BCUT2D eigenvalue weighted by molar-refractivity contribution is 5.94. The van der Waals surface area contributed by atoms with Crippen LogP contribution in [0.1, 0.15) is 27.0 Å². The van der Waals surface area contributed by atoms with Crippen molar-refractivity contribution >= 4 is 29.3 Å². The zero-order valence-corrected chi connectivity index (χ0v) is 32.6. The molecule has 0 atom stereocenters. The Morgan fingerprint density at radius 2 is 1.35 bits per heavy atom. The van der Waals surface area contributed by atoms with E-state index in [0.29, 0.717) is 63.4 Å². The van der Waals surface area contributed by atoms with Crippen molar-refractivity contribution in [1.29, 1.82) is 0 Å². The average Bonchev–Trinajstić information content (AvgIpc) is 3.71. The molecular formula is C43H49N9O5. The minimum Gasteiger partial charge on any atom is -0.497 e. The van der Waals surface area contributed by atoms with Crippen molar-refractivity contribution in [3.05, 3.63) is 107 Å². The molecule has 57 heavy (non-hydrogen) atoms. The third kappa shape index (κ3) is 9.09.